The van der Waals surface area contributed by atoms with Crippen molar-refractivity contribution in [3.8, 4) is 0 Å². The van der Waals surface area contributed by atoms with E-state index in [4.69, 9.17) is 5.73 Å². The average molecular weight is 379 g/mol. The highest BCUT2D eigenvalue weighted by Crippen LogP contribution is 2.35. The van der Waals surface area contributed by atoms with Gasteiger partial charge in [-0.15, -0.1) is 0 Å². The van der Waals surface area contributed by atoms with E-state index in [9.17, 15) is 18.5 Å². The summed E-state index contributed by atoms with van der Waals surface area (Å²) in [5, 5.41) is 10.5. The quantitative estimate of drug-likeness (QED) is 0.619. The summed E-state index contributed by atoms with van der Waals surface area (Å²) in [7, 11) is -3.94. The molecule has 11 heteroatoms. The molecule has 3 N–H and O–H groups in total. The molecule has 2 aromatic heterocycles. The molecule has 0 spiro atoms. The third-order valence-corrected chi connectivity index (χ3v) is 5.62. The zero-order valence-electron chi connectivity index (χ0n) is 9.61. The predicted octanol–water partition coefficient (Wildman–Crippen LogP) is 2.20. The number of sulfonamides is 1. The van der Waals surface area contributed by atoms with Gasteiger partial charge in [0, 0.05) is 18.5 Å². The lowest BCUT2D eigenvalue weighted by Crippen LogP contribution is -2.11. The fourth-order valence-electron chi connectivity index (χ4n) is 1.30. The lowest BCUT2D eigenvalue weighted by Gasteiger charge is -2.06. The zero-order valence-corrected chi connectivity index (χ0v) is 12.8. The lowest BCUT2D eigenvalue weighted by atomic mass is 10.4. The molecule has 0 unspecified atom stereocenters. The van der Waals surface area contributed by atoms with Crippen LogP contribution in [-0.4, -0.2) is 18.3 Å². The monoisotopic (exact) mass is 378 g/mol. The number of rotatable bonds is 4. The molecule has 0 saturated heterocycles. The lowest BCUT2D eigenvalue weighted by molar-refractivity contribution is -0.383. The Morgan fingerprint density at radius 1 is 1.50 bits per heavy atom. The number of nitrogens with zero attached hydrogens (tertiary/aromatic N) is 2. The van der Waals surface area contributed by atoms with Gasteiger partial charge in [0.25, 0.3) is 10.0 Å². The van der Waals surface area contributed by atoms with Crippen LogP contribution < -0.4 is 10.5 Å². The molecule has 20 heavy (non-hydrogen) atoms. The van der Waals surface area contributed by atoms with Crippen molar-refractivity contribution < 1.29 is 13.3 Å². The number of hydrogen-bond donors (Lipinski definition) is 2. The van der Waals surface area contributed by atoms with Gasteiger partial charge in [-0.05, 0) is 22.0 Å². The second kappa shape index (κ2) is 5.34. The number of hydrogen-bond acceptors (Lipinski definition) is 7. The number of nitrogen functional groups attached to an aromatic ring is 1. The van der Waals surface area contributed by atoms with E-state index in [-0.39, 0.29) is 14.9 Å². The Kier molecular flexibility index (Phi) is 3.92. The average Bonchev–Trinajstić information content (AvgIpc) is 2.75. The Balaban J connectivity index is 2.39. The van der Waals surface area contributed by atoms with Crippen LogP contribution in [0.4, 0.5) is 16.4 Å². The molecule has 0 atom stereocenters. The molecule has 106 valence electrons. The number of thiophene rings is 1. The minimum absolute atomic E-state index is 0.163. The molecule has 0 aliphatic rings. The third kappa shape index (κ3) is 2.89. The second-order valence-corrected chi connectivity index (χ2v) is 7.38. The van der Waals surface area contributed by atoms with E-state index in [1.807, 2.05) is 0 Å². The Bertz CT molecular complexity index is 774. The van der Waals surface area contributed by atoms with E-state index in [2.05, 4.69) is 25.6 Å². The molecule has 0 amide bonds. The smallest absolute Gasteiger partial charge is 0.304 e. The first-order valence-electron chi connectivity index (χ1n) is 4.97. The predicted molar refractivity (Wildman–Crippen MR) is 78.1 cm³/mol. The molecule has 0 radical (unpaired) electrons. The third-order valence-electron chi connectivity index (χ3n) is 2.20. The van der Waals surface area contributed by atoms with Gasteiger partial charge in [0.2, 0.25) is 0 Å². The van der Waals surface area contributed by atoms with Gasteiger partial charge in [-0.25, -0.2) is 8.42 Å². The number of halogens is 1. The zero-order chi connectivity index (χ0) is 14.9. The number of nitrogens with two attached hydrogens (primary N) is 1. The first-order chi connectivity index (χ1) is 9.31. The van der Waals surface area contributed by atoms with Crippen molar-refractivity contribution >= 4 is 53.7 Å². The summed E-state index contributed by atoms with van der Waals surface area (Å²) >= 11 is 3.77. The van der Waals surface area contributed by atoms with Crippen LogP contribution in [0.2, 0.25) is 0 Å². The summed E-state index contributed by atoms with van der Waals surface area (Å²) < 4.78 is 26.8. The Morgan fingerprint density at radius 3 is 2.75 bits per heavy atom. The van der Waals surface area contributed by atoms with Gasteiger partial charge in [-0.1, -0.05) is 11.3 Å². The molecule has 2 aromatic rings. The number of anilines is 2. The fourth-order valence-corrected chi connectivity index (χ4v) is 4.08. The summed E-state index contributed by atoms with van der Waals surface area (Å²) in [5.41, 5.74) is 5.27. The van der Waals surface area contributed by atoms with Crippen molar-refractivity contribution in [2.75, 3.05) is 10.5 Å². The molecule has 0 aromatic carbocycles. The highest BCUT2D eigenvalue weighted by molar-refractivity contribution is 9.10. The van der Waals surface area contributed by atoms with Crippen LogP contribution >= 0.6 is 27.3 Å². The van der Waals surface area contributed by atoms with E-state index in [1.165, 1.54) is 18.5 Å². The molecule has 0 saturated carbocycles. The fraction of sp³-hybridized carbons (Fsp3) is 0. The van der Waals surface area contributed by atoms with Crippen LogP contribution in [0.25, 0.3) is 0 Å². The summed E-state index contributed by atoms with van der Waals surface area (Å²) in [5.74, 6) is 0. The molecule has 2 rings (SSSR count). The molecular weight excluding hydrogens is 372 g/mol. The van der Waals surface area contributed by atoms with Crippen molar-refractivity contribution in [3.63, 3.8) is 0 Å². The highest BCUT2D eigenvalue weighted by Gasteiger charge is 2.25. The highest BCUT2D eigenvalue weighted by atomic mass is 79.9. The van der Waals surface area contributed by atoms with Gasteiger partial charge < -0.3 is 5.73 Å². The van der Waals surface area contributed by atoms with Crippen LogP contribution in [0.3, 0.4) is 0 Å². The van der Waals surface area contributed by atoms with E-state index in [1.54, 1.807) is 0 Å². The van der Waals surface area contributed by atoms with Gasteiger partial charge in [0.15, 0.2) is 5.00 Å². The summed E-state index contributed by atoms with van der Waals surface area (Å²) in [4.78, 5) is 13.7. The summed E-state index contributed by atoms with van der Waals surface area (Å²) in [6.07, 6.45) is 2.83. The van der Waals surface area contributed by atoms with Crippen LogP contribution in [-0.2, 0) is 10.0 Å². The molecule has 0 aliphatic carbocycles. The van der Waals surface area contributed by atoms with Crippen LogP contribution in [0.15, 0.2) is 33.2 Å². The maximum Gasteiger partial charge on any atom is 0.304 e. The summed E-state index contributed by atoms with van der Waals surface area (Å²) in [6, 6.07) is 2.38. The second-order valence-electron chi connectivity index (χ2n) is 3.53. The van der Waals surface area contributed by atoms with Crippen molar-refractivity contribution in [3.05, 3.63) is 39.1 Å². The van der Waals surface area contributed by atoms with Crippen molar-refractivity contribution in [2.45, 2.75) is 4.21 Å². The Labute approximate surface area is 126 Å². The summed E-state index contributed by atoms with van der Waals surface area (Å²) in [6.45, 7) is 0. The van der Waals surface area contributed by atoms with Crippen LogP contribution in [0.1, 0.15) is 0 Å². The number of aromatic nitrogens is 1. The van der Waals surface area contributed by atoms with E-state index in [0.29, 0.717) is 15.8 Å². The van der Waals surface area contributed by atoms with Gasteiger partial charge in [0.1, 0.15) is 4.21 Å². The van der Waals surface area contributed by atoms with Crippen molar-refractivity contribution in [1.29, 1.82) is 0 Å². The molecular formula is C9H7BrN4O4S2. The molecule has 0 aliphatic heterocycles. The maximum absolute atomic E-state index is 12.1. The first kappa shape index (κ1) is 14.7. The molecule has 2 heterocycles. The normalized spacial score (nSPS) is 11.2. The van der Waals surface area contributed by atoms with E-state index in [0.717, 1.165) is 6.07 Å². The standard InChI is InChI=1S/C9H7BrN4O4S2/c10-5-4-12-2-1-6(5)13-20(17,18)8-3-7(14(15)16)9(11)19-8/h1-4H,11H2,(H,12,13). The van der Waals surface area contributed by atoms with E-state index >= 15 is 0 Å². The van der Waals surface area contributed by atoms with Crippen molar-refractivity contribution in [1.82, 2.24) is 4.98 Å². The maximum atomic E-state index is 12.1. The van der Waals surface area contributed by atoms with E-state index < -0.39 is 20.6 Å². The Morgan fingerprint density at radius 2 is 2.20 bits per heavy atom. The van der Waals surface area contributed by atoms with Gasteiger partial charge >= 0.3 is 5.69 Å². The largest absolute Gasteiger partial charge is 0.385 e. The number of nitrogens with one attached hydrogen (secondary N) is 1. The molecule has 8 nitrogen and oxygen atoms in total. The topological polar surface area (TPSA) is 128 Å². The van der Waals surface area contributed by atoms with Crippen LogP contribution in [0, 0.1) is 10.1 Å². The van der Waals surface area contributed by atoms with Gasteiger partial charge in [-0.3, -0.25) is 19.8 Å². The minimum atomic E-state index is -3.94. The van der Waals surface area contributed by atoms with Gasteiger partial charge in [-0.2, -0.15) is 0 Å². The first-order valence-corrected chi connectivity index (χ1v) is 8.06. The Hall–Kier alpha value is -1.72. The van der Waals surface area contributed by atoms with Gasteiger partial charge in [0.05, 0.1) is 15.1 Å². The molecule has 0 fully saturated rings. The van der Waals surface area contributed by atoms with Crippen molar-refractivity contribution in [2.24, 2.45) is 0 Å². The van der Waals surface area contributed by atoms with Crippen LogP contribution in [0.5, 0.6) is 0 Å². The minimum Gasteiger partial charge on any atom is -0.385 e. The number of nitro groups is 1. The number of pyridine rings is 1. The SMILES string of the molecule is Nc1sc(S(=O)(=O)Nc2ccncc2Br)cc1[N+](=O)[O-]. The molecule has 0 bridgehead atoms.